The summed E-state index contributed by atoms with van der Waals surface area (Å²) >= 11 is 0. The first-order chi connectivity index (χ1) is 14.0. The van der Waals surface area contributed by atoms with Crippen LogP contribution in [0.25, 0.3) is 0 Å². The molecule has 0 heterocycles. The van der Waals surface area contributed by atoms with Crippen LogP contribution >= 0.6 is 0 Å². The summed E-state index contributed by atoms with van der Waals surface area (Å²) in [4.78, 5) is 31.4. The number of nitrogens with two attached hydrogens (primary N) is 1. The number of aromatic carboxylic acids is 1. The maximum Gasteiger partial charge on any atom is 0.338 e. The first kappa shape index (κ1) is 23.1. The van der Waals surface area contributed by atoms with Gasteiger partial charge < -0.3 is 15.6 Å². The topological polar surface area (TPSA) is 107 Å². The van der Waals surface area contributed by atoms with E-state index in [1.165, 1.54) is 6.07 Å². The predicted octanol–water partition coefficient (Wildman–Crippen LogP) is 4.33. The molecule has 0 unspecified atom stereocenters. The summed E-state index contributed by atoms with van der Waals surface area (Å²) < 4.78 is 4.79. The highest BCUT2D eigenvalue weighted by atomic mass is 16.5. The van der Waals surface area contributed by atoms with Gasteiger partial charge in [-0.2, -0.15) is 0 Å². The lowest BCUT2D eigenvalue weighted by atomic mass is 10.2. The maximum atomic E-state index is 11.0. The van der Waals surface area contributed by atoms with Gasteiger partial charge in [-0.3, -0.25) is 4.79 Å². The Balaban J connectivity index is 0.000000220. The fourth-order valence-electron chi connectivity index (χ4n) is 2.01. The smallest absolute Gasteiger partial charge is 0.338 e. The van der Waals surface area contributed by atoms with E-state index in [4.69, 9.17) is 15.6 Å². The van der Waals surface area contributed by atoms with Crippen LogP contribution in [0.5, 0.6) is 0 Å². The van der Waals surface area contributed by atoms with Crippen molar-refractivity contribution in [1.82, 2.24) is 0 Å². The Kier molecular flexibility index (Phi) is 10.6. The van der Waals surface area contributed by atoms with Gasteiger partial charge in [-0.15, -0.1) is 0 Å². The SMILES string of the molecule is CCOC(=O)c1ccccc1.Nc1ccccc1C(=O)O.O=Cc1ccccc1. The van der Waals surface area contributed by atoms with Gasteiger partial charge in [0.15, 0.2) is 0 Å². The number of anilines is 1. The molecule has 150 valence electrons. The Morgan fingerprint density at radius 3 is 1.83 bits per heavy atom. The minimum atomic E-state index is -0.988. The number of benzene rings is 3. The molecule has 3 N–H and O–H groups in total. The number of carbonyl (C=O) groups is 3. The van der Waals surface area contributed by atoms with Crippen molar-refractivity contribution in [1.29, 1.82) is 0 Å². The molecule has 0 aliphatic rings. The van der Waals surface area contributed by atoms with Crippen LogP contribution in [0.4, 0.5) is 5.69 Å². The summed E-state index contributed by atoms with van der Waals surface area (Å²) in [5, 5.41) is 8.49. The molecule has 3 aromatic carbocycles. The van der Waals surface area contributed by atoms with Crippen molar-refractivity contribution in [2.24, 2.45) is 0 Å². The molecule has 6 nitrogen and oxygen atoms in total. The lowest BCUT2D eigenvalue weighted by molar-refractivity contribution is 0.0525. The first-order valence-corrected chi connectivity index (χ1v) is 8.79. The van der Waals surface area contributed by atoms with Gasteiger partial charge in [-0.05, 0) is 31.2 Å². The maximum absolute atomic E-state index is 11.0. The molecular weight excluding hydrogens is 370 g/mol. The van der Waals surface area contributed by atoms with Gasteiger partial charge in [-0.25, -0.2) is 9.59 Å². The van der Waals surface area contributed by atoms with Crippen LogP contribution in [0.2, 0.25) is 0 Å². The molecule has 0 atom stereocenters. The van der Waals surface area contributed by atoms with Gasteiger partial charge in [-0.1, -0.05) is 60.7 Å². The second kappa shape index (κ2) is 13.3. The standard InChI is InChI=1S/C9H10O2.C7H7NO2.C7H6O/c1-2-11-9(10)8-6-4-3-5-7-8;8-6-4-2-1-3-5(6)7(9)10;8-6-7-4-2-1-3-5-7/h3-7H,2H2,1H3;1-4H,8H2,(H,9,10);1-6H. The molecule has 29 heavy (non-hydrogen) atoms. The predicted molar refractivity (Wildman–Crippen MR) is 112 cm³/mol. The molecule has 0 aliphatic carbocycles. The Morgan fingerprint density at radius 2 is 1.41 bits per heavy atom. The lowest BCUT2D eigenvalue weighted by Gasteiger charge is -1.99. The summed E-state index contributed by atoms with van der Waals surface area (Å²) in [6, 6.07) is 24.4. The molecule has 0 fully saturated rings. The van der Waals surface area contributed by atoms with Crippen molar-refractivity contribution in [2.45, 2.75) is 6.92 Å². The van der Waals surface area contributed by atoms with Crippen molar-refractivity contribution in [3.05, 3.63) is 102 Å². The lowest BCUT2D eigenvalue weighted by Crippen LogP contribution is -2.03. The molecule has 0 amide bonds. The number of aldehydes is 1. The molecule has 0 saturated heterocycles. The van der Waals surface area contributed by atoms with E-state index in [1.807, 2.05) is 36.4 Å². The largest absolute Gasteiger partial charge is 0.478 e. The van der Waals surface area contributed by atoms with Crippen LogP contribution in [0.15, 0.2) is 84.9 Å². The first-order valence-electron chi connectivity index (χ1n) is 8.79. The number of para-hydroxylation sites is 1. The Labute approximate surface area is 169 Å². The Morgan fingerprint density at radius 1 is 0.897 bits per heavy atom. The Hall–Kier alpha value is -3.93. The number of rotatable bonds is 4. The highest BCUT2D eigenvalue weighted by molar-refractivity contribution is 5.93. The summed E-state index contributed by atoms with van der Waals surface area (Å²) in [5.74, 6) is -1.24. The normalized spacial score (nSPS) is 9.00. The van der Waals surface area contributed by atoms with Crippen molar-refractivity contribution in [2.75, 3.05) is 12.3 Å². The number of hydrogen-bond acceptors (Lipinski definition) is 5. The van der Waals surface area contributed by atoms with E-state index in [0.717, 1.165) is 11.8 Å². The quantitative estimate of drug-likeness (QED) is 0.388. The molecule has 6 heteroatoms. The van der Waals surface area contributed by atoms with Crippen molar-refractivity contribution in [3.63, 3.8) is 0 Å². The average molecular weight is 393 g/mol. The third kappa shape index (κ3) is 9.01. The summed E-state index contributed by atoms with van der Waals surface area (Å²) in [5.41, 5.74) is 7.13. The van der Waals surface area contributed by atoms with Crippen LogP contribution < -0.4 is 5.73 Å². The van der Waals surface area contributed by atoms with Crippen LogP contribution in [0, 0.1) is 0 Å². The number of nitrogen functional groups attached to an aromatic ring is 1. The molecule has 0 saturated carbocycles. The van der Waals surface area contributed by atoms with Gasteiger partial charge in [0.05, 0.1) is 17.7 Å². The van der Waals surface area contributed by atoms with E-state index in [0.29, 0.717) is 17.9 Å². The summed E-state index contributed by atoms with van der Waals surface area (Å²) in [6.07, 6.45) is 0.833. The number of carboxylic acid groups (broad SMARTS) is 1. The van der Waals surface area contributed by atoms with E-state index in [1.54, 1.807) is 49.4 Å². The zero-order chi connectivity index (χ0) is 21.5. The van der Waals surface area contributed by atoms with Gasteiger partial charge >= 0.3 is 11.9 Å². The number of hydrogen-bond donors (Lipinski definition) is 2. The minimum Gasteiger partial charge on any atom is -0.478 e. The van der Waals surface area contributed by atoms with Crippen LogP contribution in [-0.4, -0.2) is 29.9 Å². The molecule has 3 aromatic rings. The fraction of sp³-hybridized carbons (Fsp3) is 0.0870. The van der Waals surface area contributed by atoms with Gasteiger partial charge in [0.25, 0.3) is 0 Å². The molecular formula is C23H23NO5. The Bertz CT molecular complexity index is 895. The van der Waals surface area contributed by atoms with Gasteiger partial charge in [0, 0.05) is 11.3 Å². The monoisotopic (exact) mass is 393 g/mol. The average Bonchev–Trinajstić information content (AvgIpc) is 2.76. The summed E-state index contributed by atoms with van der Waals surface area (Å²) in [7, 11) is 0. The second-order valence-corrected chi connectivity index (χ2v) is 5.51. The number of ether oxygens (including phenoxy) is 1. The van der Waals surface area contributed by atoms with Crippen molar-refractivity contribution < 1.29 is 24.2 Å². The third-order valence-corrected chi connectivity index (χ3v) is 3.41. The fourth-order valence-corrected chi connectivity index (χ4v) is 2.01. The molecule has 3 rings (SSSR count). The van der Waals surface area contributed by atoms with Crippen molar-refractivity contribution in [3.8, 4) is 0 Å². The van der Waals surface area contributed by atoms with E-state index in [2.05, 4.69) is 0 Å². The van der Waals surface area contributed by atoms with E-state index in [9.17, 15) is 14.4 Å². The third-order valence-electron chi connectivity index (χ3n) is 3.41. The molecule has 0 radical (unpaired) electrons. The molecule has 0 aliphatic heterocycles. The van der Waals surface area contributed by atoms with Crippen LogP contribution in [0.3, 0.4) is 0 Å². The molecule has 0 spiro atoms. The van der Waals surface area contributed by atoms with Crippen LogP contribution in [0.1, 0.15) is 38.0 Å². The molecule has 0 aromatic heterocycles. The zero-order valence-corrected chi connectivity index (χ0v) is 16.0. The highest BCUT2D eigenvalue weighted by Gasteiger charge is 2.04. The minimum absolute atomic E-state index is 0.155. The van der Waals surface area contributed by atoms with E-state index < -0.39 is 5.97 Å². The number of carbonyl (C=O) groups excluding carboxylic acids is 2. The van der Waals surface area contributed by atoms with E-state index >= 15 is 0 Å². The zero-order valence-electron chi connectivity index (χ0n) is 16.0. The number of esters is 1. The molecule has 0 bridgehead atoms. The summed E-state index contributed by atoms with van der Waals surface area (Å²) in [6.45, 7) is 2.22. The number of carboxylic acids is 1. The van der Waals surface area contributed by atoms with Crippen molar-refractivity contribution >= 4 is 23.9 Å². The highest BCUT2D eigenvalue weighted by Crippen LogP contribution is 2.09. The van der Waals surface area contributed by atoms with Gasteiger partial charge in [0.1, 0.15) is 6.29 Å². The van der Waals surface area contributed by atoms with Gasteiger partial charge in [0.2, 0.25) is 0 Å². The van der Waals surface area contributed by atoms with E-state index in [-0.39, 0.29) is 11.5 Å². The second-order valence-electron chi connectivity index (χ2n) is 5.51. The van der Waals surface area contributed by atoms with Crippen LogP contribution in [-0.2, 0) is 4.74 Å².